The molecule has 182 valence electrons. The second-order valence-corrected chi connectivity index (χ2v) is 9.39. The lowest BCUT2D eigenvalue weighted by Gasteiger charge is -2.13. The first-order chi connectivity index (χ1) is 16.7. The number of carbonyl (C=O) groups excluding carboxylic acids is 2. The highest BCUT2D eigenvalue weighted by atomic mass is 79.9. The molecule has 0 radical (unpaired) electrons. The summed E-state index contributed by atoms with van der Waals surface area (Å²) < 4.78 is 19.5. The Bertz CT molecular complexity index is 1220. The summed E-state index contributed by atoms with van der Waals surface area (Å²) in [6.45, 7) is 4.85. The largest absolute Gasteiger partial charge is 0.492 e. The number of thiocarbonyl (C=S) groups is 1. The van der Waals surface area contributed by atoms with Gasteiger partial charge in [-0.1, -0.05) is 19.9 Å². The summed E-state index contributed by atoms with van der Waals surface area (Å²) in [5, 5.41) is 8.31. The third kappa shape index (κ3) is 8.15. The molecule has 0 saturated carbocycles. The number of amides is 2. The van der Waals surface area contributed by atoms with Crippen LogP contribution in [0.5, 0.6) is 5.75 Å². The molecule has 0 fully saturated rings. The summed E-state index contributed by atoms with van der Waals surface area (Å²) in [4.78, 5) is 25.1. The van der Waals surface area contributed by atoms with Gasteiger partial charge in [0.15, 0.2) is 5.11 Å². The van der Waals surface area contributed by atoms with Crippen molar-refractivity contribution in [3.8, 4) is 5.75 Å². The zero-order chi connectivity index (χ0) is 25.4. The Hall–Kier alpha value is -3.30. The maximum Gasteiger partial charge on any atom is 0.257 e. The third-order valence-electron chi connectivity index (χ3n) is 4.86. The van der Waals surface area contributed by atoms with Gasteiger partial charge in [0.2, 0.25) is 0 Å². The molecule has 0 atom stereocenters. The molecule has 6 nitrogen and oxygen atoms in total. The molecule has 0 aliphatic heterocycles. The number of rotatable bonds is 8. The Balaban J connectivity index is 1.57. The molecule has 35 heavy (non-hydrogen) atoms. The molecule has 0 spiro atoms. The maximum atomic E-state index is 13.1. The van der Waals surface area contributed by atoms with E-state index in [4.69, 9.17) is 17.0 Å². The summed E-state index contributed by atoms with van der Waals surface area (Å²) in [7, 11) is 0. The minimum Gasteiger partial charge on any atom is -0.492 e. The third-order valence-corrected chi connectivity index (χ3v) is 5.68. The van der Waals surface area contributed by atoms with Crippen molar-refractivity contribution in [3.63, 3.8) is 0 Å². The predicted octanol–water partition coefficient (Wildman–Crippen LogP) is 6.39. The van der Waals surface area contributed by atoms with E-state index in [1.54, 1.807) is 42.5 Å². The number of carbonyl (C=O) groups is 2. The van der Waals surface area contributed by atoms with Crippen LogP contribution in [0.2, 0.25) is 0 Å². The van der Waals surface area contributed by atoms with Crippen molar-refractivity contribution in [2.24, 2.45) is 5.92 Å². The van der Waals surface area contributed by atoms with E-state index in [9.17, 15) is 14.0 Å². The maximum absolute atomic E-state index is 13.1. The van der Waals surface area contributed by atoms with Crippen LogP contribution in [-0.2, 0) is 0 Å². The van der Waals surface area contributed by atoms with Crippen LogP contribution in [0.3, 0.4) is 0 Å². The van der Waals surface area contributed by atoms with Gasteiger partial charge in [-0.3, -0.25) is 14.9 Å². The lowest BCUT2D eigenvalue weighted by molar-refractivity contribution is 0.0976. The van der Waals surface area contributed by atoms with Gasteiger partial charge in [-0.05, 0) is 101 Å². The monoisotopic (exact) mass is 557 g/mol. The van der Waals surface area contributed by atoms with Gasteiger partial charge in [-0.2, -0.15) is 0 Å². The first kappa shape index (κ1) is 26.3. The van der Waals surface area contributed by atoms with Crippen molar-refractivity contribution < 1.29 is 18.7 Å². The number of hydrogen-bond acceptors (Lipinski definition) is 4. The smallest absolute Gasteiger partial charge is 0.257 e. The van der Waals surface area contributed by atoms with E-state index >= 15 is 0 Å². The number of ether oxygens (including phenoxy) is 1. The topological polar surface area (TPSA) is 79.5 Å². The Morgan fingerprint density at radius 3 is 2.34 bits per heavy atom. The van der Waals surface area contributed by atoms with E-state index < -0.39 is 0 Å². The Kier molecular flexibility index (Phi) is 9.33. The summed E-state index contributed by atoms with van der Waals surface area (Å²) in [5.41, 5.74) is 1.77. The first-order valence-corrected chi connectivity index (χ1v) is 12.1. The number of anilines is 2. The quantitative estimate of drug-likeness (QED) is 0.279. The molecule has 0 aromatic heterocycles. The molecule has 0 aliphatic carbocycles. The summed E-state index contributed by atoms with van der Waals surface area (Å²) >= 11 is 8.70. The minimum atomic E-state index is -0.387. The van der Waals surface area contributed by atoms with Gasteiger partial charge in [-0.15, -0.1) is 0 Å². The second-order valence-electron chi connectivity index (χ2n) is 8.13. The van der Waals surface area contributed by atoms with E-state index in [0.717, 1.165) is 6.42 Å². The van der Waals surface area contributed by atoms with Crippen molar-refractivity contribution in [3.05, 3.63) is 88.1 Å². The Labute approximate surface area is 217 Å². The van der Waals surface area contributed by atoms with Crippen LogP contribution in [0.1, 0.15) is 41.0 Å². The summed E-state index contributed by atoms with van der Waals surface area (Å²) in [5.74, 6) is 0.0665. The zero-order valence-electron chi connectivity index (χ0n) is 19.2. The molecular weight excluding hydrogens is 533 g/mol. The molecule has 0 aliphatic rings. The fourth-order valence-corrected chi connectivity index (χ4v) is 3.68. The molecular formula is C26H25BrFN3O3S. The highest BCUT2D eigenvalue weighted by Crippen LogP contribution is 2.26. The van der Waals surface area contributed by atoms with Crippen LogP contribution in [0.25, 0.3) is 0 Å². The van der Waals surface area contributed by atoms with E-state index in [2.05, 4.69) is 45.7 Å². The lowest BCUT2D eigenvalue weighted by Crippen LogP contribution is -2.34. The fraction of sp³-hybridized carbons (Fsp3) is 0.192. The second kappa shape index (κ2) is 12.4. The van der Waals surface area contributed by atoms with Crippen molar-refractivity contribution in [1.29, 1.82) is 0 Å². The molecule has 0 bridgehead atoms. The number of hydrogen-bond donors (Lipinski definition) is 3. The predicted molar refractivity (Wildman–Crippen MR) is 144 cm³/mol. The van der Waals surface area contributed by atoms with Crippen molar-refractivity contribution in [1.82, 2.24) is 5.32 Å². The van der Waals surface area contributed by atoms with Crippen molar-refractivity contribution >= 4 is 56.4 Å². The van der Waals surface area contributed by atoms with Crippen LogP contribution in [0.4, 0.5) is 15.8 Å². The van der Waals surface area contributed by atoms with Crippen molar-refractivity contribution in [2.45, 2.75) is 20.3 Å². The summed E-state index contributed by atoms with van der Waals surface area (Å²) in [6.07, 6.45) is 0.934. The lowest BCUT2D eigenvalue weighted by atomic mass is 10.1. The van der Waals surface area contributed by atoms with Gasteiger partial charge in [0.1, 0.15) is 11.6 Å². The SMILES string of the molecule is CC(C)CCOc1ccc(C(=O)NC(=S)Nc2cccc(C(=O)Nc3ccc(F)cc3)c2)cc1Br. The van der Waals surface area contributed by atoms with Crippen LogP contribution in [-0.4, -0.2) is 23.5 Å². The molecule has 3 aromatic carbocycles. The van der Waals surface area contributed by atoms with Crippen LogP contribution >= 0.6 is 28.1 Å². The molecule has 2 amide bonds. The van der Waals surface area contributed by atoms with Gasteiger partial charge in [0, 0.05) is 22.5 Å². The van der Waals surface area contributed by atoms with E-state index in [-0.39, 0.29) is 22.7 Å². The average molecular weight is 558 g/mol. The van der Waals surface area contributed by atoms with Gasteiger partial charge in [0.05, 0.1) is 11.1 Å². The van der Waals surface area contributed by atoms with E-state index in [0.29, 0.717) is 45.2 Å². The molecule has 9 heteroatoms. The molecule has 3 N–H and O–H groups in total. The van der Waals surface area contributed by atoms with E-state index in [1.807, 2.05) is 0 Å². The Morgan fingerprint density at radius 2 is 1.66 bits per heavy atom. The molecule has 0 saturated heterocycles. The van der Waals surface area contributed by atoms with Crippen molar-refractivity contribution in [2.75, 3.05) is 17.2 Å². The number of nitrogens with one attached hydrogen (secondary N) is 3. The molecule has 0 heterocycles. The molecule has 3 rings (SSSR count). The highest BCUT2D eigenvalue weighted by molar-refractivity contribution is 9.10. The van der Waals surface area contributed by atoms with Gasteiger partial charge < -0.3 is 15.4 Å². The minimum absolute atomic E-state index is 0.0828. The zero-order valence-corrected chi connectivity index (χ0v) is 21.6. The number of halogens is 2. The fourth-order valence-electron chi connectivity index (χ4n) is 2.98. The molecule has 3 aromatic rings. The first-order valence-electron chi connectivity index (χ1n) is 10.9. The van der Waals surface area contributed by atoms with Crippen LogP contribution in [0, 0.1) is 11.7 Å². The van der Waals surface area contributed by atoms with Gasteiger partial charge in [-0.25, -0.2) is 4.39 Å². The normalized spacial score (nSPS) is 10.5. The Morgan fingerprint density at radius 1 is 0.943 bits per heavy atom. The summed E-state index contributed by atoms with van der Waals surface area (Å²) in [6, 6.07) is 17.2. The standard InChI is InChI=1S/C26H25BrFN3O3S/c1-16(2)12-13-34-23-11-6-18(15-22(23)27)25(33)31-26(35)30-21-5-3-4-17(14-21)24(32)29-20-9-7-19(28)8-10-20/h3-11,14-16H,12-13H2,1-2H3,(H,29,32)(H2,30,31,33,35). The highest BCUT2D eigenvalue weighted by Gasteiger charge is 2.12. The van der Waals surface area contributed by atoms with Gasteiger partial charge in [0.25, 0.3) is 11.8 Å². The van der Waals surface area contributed by atoms with Gasteiger partial charge >= 0.3 is 0 Å². The van der Waals surface area contributed by atoms with Crippen LogP contribution < -0.4 is 20.7 Å². The average Bonchev–Trinajstić information content (AvgIpc) is 2.81. The van der Waals surface area contributed by atoms with E-state index in [1.165, 1.54) is 24.3 Å². The van der Waals surface area contributed by atoms with Crippen LogP contribution in [0.15, 0.2) is 71.2 Å². The number of benzene rings is 3. The molecule has 0 unspecified atom stereocenters.